The summed E-state index contributed by atoms with van der Waals surface area (Å²) in [4.78, 5) is 8.09. The van der Waals surface area contributed by atoms with Crippen molar-refractivity contribution in [3.05, 3.63) is 54.1 Å². The van der Waals surface area contributed by atoms with Crippen molar-refractivity contribution in [1.82, 2.24) is 19.7 Å². The summed E-state index contributed by atoms with van der Waals surface area (Å²) >= 11 is 0.572. The zero-order valence-electron chi connectivity index (χ0n) is 14.2. The minimum atomic E-state index is -4.69. The lowest BCUT2D eigenvalue weighted by Gasteiger charge is -2.11. The van der Waals surface area contributed by atoms with Crippen LogP contribution in [0, 0.1) is 6.92 Å². The molecule has 0 unspecified atom stereocenters. The van der Waals surface area contributed by atoms with E-state index < -0.39 is 23.8 Å². The van der Waals surface area contributed by atoms with Crippen molar-refractivity contribution in [3.63, 3.8) is 0 Å². The van der Waals surface area contributed by atoms with Gasteiger partial charge in [-0.15, -0.1) is 11.8 Å². The molecule has 2 heterocycles. The first-order valence-electron chi connectivity index (χ1n) is 7.79. The Bertz CT molecular complexity index is 966. The van der Waals surface area contributed by atoms with Gasteiger partial charge in [-0.1, -0.05) is 12.1 Å². The van der Waals surface area contributed by atoms with Gasteiger partial charge in [-0.2, -0.15) is 31.4 Å². The number of halogens is 6. The molecule has 0 amide bonds. The standard InChI is InChI=1S/C17H12F6N4S/c1-10-2-3-11(6-13(10)28-9-16(18,19)20)12-7-14(17(21,22)23)26-27(12)15-8-24-4-5-25-15/h2-8H,9H2,1H3. The fourth-order valence-electron chi connectivity index (χ4n) is 2.37. The van der Waals surface area contributed by atoms with E-state index in [1.165, 1.54) is 30.7 Å². The van der Waals surface area contributed by atoms with Gasteiger partial charge in [0.1, 0.15) is 0 Å². The number of aryl methyl sites for hydroxylation is 1. The Kier molecular flexibility index (Phi) is 5.37. The summed E-state index contributed by atoms with van der Waals surface area (Å²) in [7, 11) is 0. The number of hydrogen-bond donors (Lipinski definition) is 0. The van der Waals surface area contributed by atoms with E-state index >= 15 is 0 Å². The topological polar surface area (TPSA) is 43.6 Å². The largest absolute Gasteiger partial charge is 0.435 e. The second kappa shape index (κ2) is 7.46. The van der Waals surface area contributed by atoms with Crippen LogP contribution in [-0.4, -0.2) is 31.7 Å². The minimum absolute atomic E-state index is 0.0432. The first-order valence-corrected chi connectivity index (χ1v) is 8.77. The molecule has 148 valence electrons. The van der Waals surface area contributed by atoms with Crippen LogP contribution < -0.4 is 0 Å². The van der Waals surface area contributed by atoms with Gasteiger partial charge in [0, 0.05) is 22.9 Å². The first kappa shape index (κ1) is 20.2. The molecule has 0 fully saturated rings. The molecule has 0 aliphatic carbocycles. The highest BCUT2D eigenvalue weighted by atomic mass is 32.2. The van der Waals surface area contributed by atoms with Crippen molar-refractivity contribution >= 4 is 11.8 Å². The fourth-order valence-corrected chi connectivity index (χ4v) is 3.20. The highest BCUT2D eigenvalue weighted by Crippen LogP contribution is 2.36. The number of nitrogens with zero attached hydrogens (tertiary/aromatic N) is 4. The molecule has 0 aliphatic heterocycles. The molecule has 0 atom stereocenters. The lowest BCUT2D eigenvalue weighted by molar-refractivity contribution is -0.141. The highest BCUT2D eigenvalue weighted by molar-refractivity contribution is 7.99. The van der Waals surface area contributed by atoms with Crippen molar-refractivity contribution in [2.45, 2.75) is 24.2 Å². The molecule has 0 aliphatic rings. The molecular formula is C17H12F6N4S. The number of rotatable bonds is 4. The average molecular weight is 418 g/mol. The number of aromatic nitrogens is 4. The molecule has 0 N–H and O–H groups in total. The third kappa shape index (κ3) is 4.64. The number of benzene rings is 1. The van der Waals surface area contributed by atoms with Gasteiger partial charge in [-0.3, -0.25) is 4.98 Å². The van der Waals surface area contributed by atoms with E-state index in [-0.39, 0.29) is 17.1 Å². The van der Waals surface area contributed by atoms with Crippen LogP contribution in [0.15, 0.2) is 47.8 Å². The van der Waals surface area contributed by atoms with Crippen molar-refractivity contribution < 1.29 is 26.3 Å². The highest BCUT2D eigenvalue weighted by Gasteiger charge is 2.35. The molecule has 4 nitrogen and oxygen atoms in total. The quantitative estimate of drug-likeness (QED) is 0.425. The van der Waals surface area contributed by atoms with Crippen molar-refractivity contribution in [2.24, 2.45) is 0 Å². The van der Waals surface area contributed by atoms with Gasteiger partial charge < -0.3 is 0 Å². The summed E-state index contributed by atoms with van der Waals surface area (Å²) in [6.45, 7) is 1.63. The predicted molar refractivity (Wildman–Crippen MR) is 91.1 cm³/mol. The normalized spacial score (nSPS) is 12.4. The minimum Gasteiger partial charge on any atom is -0.259 e. The van der Waals surface area contributed by atoms with Crippen LogP contribution in [0.1, 0.15) is 11.3 Å². The van der Waals surface area contributed by atoms with Gasteiger partial charge in [0.25, 0.3) is 0 Å². The number of thioether (sulfide) groups is 1. The lowest BCUT2D eigenvalue weighted by Crippen LogP contribution is -2.10. The molecular weight excluding hydrogens is 406 g/mol. The van der Waals surface area contributed by atoms with Gasteiger partial charge in [-0.25, -0.2) is 9.67 Å². The maximum absolute atomic E-state index is 13.2. The molecule has 2 aromatic heterocycles. The average Bonchev–Trinajstić information content (AvgIpc) is 3.07. The first-order chi connectivity index (χ1) is 13.0. The SMILES string of the molecule is Cc1ccc(-c2cc(C(F)(F)F)nn2-c2cnccn2)cc1SCC(F)(F)F. The second-order valence-electron chi connectivity index (χ2n) is 5.77. The van der Waals surface area contributed by atoms with Gasteiger partial charge in [0.2, 0.25) is 0 Å². The molecule has 1 aromatic carbocycles. The smallest absolute Gasteiger partial charge is 0.259 e. The van der Waals surface area contributed by atoms with Crippen LogP contribution in [0.3, 0.4) is 0 Å². The summed E-state index contributed by atoms with van der Waals surface area (Å²) in [5.41, 5.74) is -0.233. The predicted octanol–water partition coefficient (Wildman–Crippen LogP) is 5.31. The summed E-state index contributed by atoms with van der Waals surface area (Å²) in [6, 6.07) is 5.32. The zero-order valence-corrected chi connectivity index (χ0v) is 15.0. The summed E-state index contributed by atoms with van der Waals surface area (Å²) in [5.74, 6) is -1.05. The Hall–Kier alpha value is -2.56. The monoisotopic (exact) mass is 418 g/mol. The van der Waals surface area contributed by atoms with Crippen molar-refractivity contribution in [2.75, 3.05) is 5.75 Å². The third-order valence-corrected chi connectivity index (χ3v) is 4.86. The summed E-state index contributed by atoms with van der Waals surface area (Å²) in [5, 5.41) is 3.57. The Labute approximate surface area is 159 Å². The molecule has 0 radical (unpaired) electrons. The molecule has 28 heavy (non-hydrogen) atoms. The van der Waals surface area contributed by atoms with E-state index in [0.29, 0.717) is 22.2 Å². The summed E-state index contributed by atoms with van der Waals surface area (Å²) in [6.07, 6.45) is -5.16. The van der Waals surface area contributed by atoms with E-state index in [2.05, 4.69) is 15.1 Å². The third-order valence-electron chi connectivity index (χ3n) is 3.64. The van der Waals surface area contributed by atoms with E-state index in [9.17, 15) is 26.3 Å². The Morgan fingerprint density at radius 1 is 1.04 bits per heavy atom. The van der Waals surface area contributed by atoms with Crippen molar-refractivity contribution in [1.29, 1.82) is 0 Å². The molecule has 3 aromatic rings. The molecule has 11 heteroatoms. The van der Waals surface area contributed by atoms with Crippen LogP contribution in [0.25, 0.3) is 17.1 Å². The zero-order chi connectivity index (χ0) is 20.5. The molecule has 0 saturated carbocycles. The van der Waals surface area contributed by atoms with Gasteiger partial charge >= 0.3 is 12.4 Å². The Morgan fingerprint density at radius 2 is 1.79 bits per heavy atom. The van der Waals surface area contributed by atoms with E-state index in [1.54, 1.807) is 13.0 Å². The van der Waals surface area contributed by atoms with E-state index in [0.717, 1.165) is 10.7 Å². The van der Waals surface area contributed by atoms with Gasteiger partial charge in [-0.05, 0) is 24.6 Å². The fraction of sp³-hybridized carbons (Fsp3) is 0.235. The number of alkyl halides is 6. The summed E-state index contributed by atoms with van der Waals surface area (Å²) < 4.78 is 78.1. The van der Waals surface area contributed by atoms with Crippen LogP contribution in [0.4, 0.5) is 26.3 Å². The maximum Gasteiger partial charge on any atom is 0.435 e. The van der Waals surface area contributed by atoms with Crippen molar-refractivity contribution in [3.8, 4) is 17.1 Å². The van der Waals surface area contributed by atoms with Crippen LogP contribution in [0.2, 0.25) is 0 Å². The lowest BCUT2D eigenvalue weighted by atomic mass is 10.1. The molecule has 0 bridgehead atoms. The molecule has 0 spiro atoms. The van der Waals surface area contributed by atoms with Gasteiger partial charge in [0.15, 0.2) is 11.5 Å². The molecule has 3 rings (SSSR count). The van der Waals surface area contributed by atoms with Crippen LogP contribution in [-0.2, 0) is 6.18 Å². The van der Waals surface area contributed by atoms with E-state index in [4.69, 9.17) is 0 Å². The Morgan fingerprint density at radius 3 is 2.39 bits per heavy atom. The molecule has 0 saturated heterocycles. The van der Waals surface area contributed by atoms with Crippen LogP contribution in [0.5, 0.6) is 0 Å². The van der Waals surface area contributed by atoms with Gasteiger partial charge in [0.05, 0.1) is 17.6 Å². The van der Waals surface area contributed by atoms with Crippen LogP contribution >= 0.6 is 11.8 Å². The second-order valence-corrected chi connectivity index (χ2v) is 6.79. The Balaban J connectivity index is 2.09. The maximum atomic E-state index is 13.2. The van der Waals surface area contributed by atoms with E-state index in [1.807, 2.05) is 0 Å². The number of hydrogen-bond acceptors (Lipinski definition) is 4.